The number of carbonyl (C=O) groups excluding carboxylic acids is 2. The minimum absolute atomic E-state index is 0.435. The molecule has 0 aliphatic carbocycles. The molecule has 0 radical (unpaired) electrons. The van der Waals surface area contributed by atoms with E-state index in [1.54, 1.807) is 0 Å². The van der Waals surface area contributed by atoms with Gasteiger partial charge in [-0.2, -0.15) is 35.1 Å². The van der Waals surface area contributed by atoms with Crippen molar-refractivity contribution in [1.82, 2.24) is 15.3 Å². The Kier molecular flexibility index (Phi) is 5.64. The van der Waals surface area contributed by atoms with E-state index in [4.69, 9.17) is 0 Å². The van der Waals surface area contributed by atoms with Crippen LogP contribution in [0.4, 0.5) is 35.1 Å². The fraction of sp³-hybridized carbons (Fsp3) is 0.545. The summed E-state index contributed by atoms with van der Waals surface area (Å²) in [7, 11) is 0.716. The van der Waals surface area contributed by atoms with Gasteiger partial charge in [-0.1, -0.05) is 0 Å². The number of hydrogen-bond donors (Lipinski definition) is 2. The molecule has 6 nitrogen and oxygen atoms in total. The molecule has 0 fully saturated rings. The highest BCUT2D eigenvalue weighted by atomic mass is 19.4. The van der Waals surface area contributed by atoms with E-state index in [9.17, 15) is 44.7 Å². The minimum Gasteiger partial charge on any atom is -0.467 e. The maximum absolute atomic E-state index is 13.4. The molecule has 1 amide bonds. The van der Waals surface area contributed by atoms with E-state index in [2.05, 4.69) is 9.72 Å². The van der Waals surface area contributed by atoms with Gasteiger partial charge in [-0.05, 0) is 0 Å². The van der Waals surface area contributed by atoms with Crippen molar-refractivity contribution >= 4 is 11.9 Å². The number of esters is 1. The highest BCUT2D eigenvalue weighted by Crippen LogP contribution is 2.44. The van der Waals surface area contributed by atoms with Crippen LogP contribution in [-0.2, 0) is 26.7 Å². The molecule has 0 aliphatic heterocycles. The standard InChI is InChI=1S/C11H9F8N3O3/c1-25-7(23)5(22-8(24)10(14,15)16)2-4-6(21-3-20-4)9(12,13)11(17,18)19/h3,5H,2H2,1H3,(H,20,21)(H,22,24)/t5-/m0/s1. The summed E-state index contributed by atoms with van der Waals surface area (Å²) < 4.78 is 105. The smallest absolute Gasteiger partial charge is 0.467 e. The van der Waals surface area contributed by atoms with E-state index < -0.39 is 54.0 Å². The maximum Gasteiger partial charge on any atom is 0.471 e. The molecule has 1 rings (SSSR count). The molecule has 2 N–H and O–H groups in total. The third-order valence-electron chi connectivity index (χ3n) is 2.83. The number of halogens is 8. The van der Waals surface area contributed by atoms with Crippen LogP contribution < -0.4 is 5.32 Å². The van der Waals surface area contributed by atoms with Crippen LogP contribution in [0.15, 0.2) is 6.33 Å². The summed E-state index contributed by atoms with van der Waals surface area (Å²) in [6, 6.07) is -2.18. The number of nitrogens with one attached hydrogen (secondary N) is 2. The predicted octanol–water partition coefficient (Wildman–Crippen LogP) is 1.83. The van der Waals surface area contributed by atoms with E-state index in [1.165, 1.54) is 0 Å². The second-order valence-electron chi connectivity index (χ2n) is 4.55. The predicted molar refractivity (Wildman–Crippen MR) is 62.2 cm³/mol. The molecule has 1 atom stereocenters. The van der Waals surface area contributed by atoms with Gasteiger partial charge in [0.1, 0.15) is 11.7 Å². The monoisotopic (exact) mass is 383 g/mol. The molecule has 14 heteroatoms. The van der Waals surface area contributed by atoms with Gasteiger partial charge >= 0.3 is 30.2 Å². The molecule has 0 bridgehead atoms. The lowest BCUT2D eigenvalue weighted by Gasteiger charge is -2.21. The van der Waals surface area contributed by atoms with Crippen LogP contribution in [-0.4, -0.2) is 47.3 Å². The van der Waals surface area contributed by atoms with E-state index in [0.717, 1.165) is 5.32 Å². The van der Waals surface area contributed by atoms with E-state index in [-0.39, 0.29) is 0 Å². The van der Waals surface area contributed by atoms with Crippen LogP contribution in [0.2, 0.25) is 0 Å². The van der Waals surface area contributed by atoms with Crippen LogP contribution in [0.1, 0.15) is 11.4 Å². The number of methoxy groups -OCH3 is 1. The first kappa shape index (κ1) is 20.6. The number of alkyl halides is 8. The maximum atomic E-state index is 13.4. The van der Waals surface area contributed by atoms with Gasteiger partial charge in [0.25, 0.3) is 0 Å². The summed E-state index contributed by atoms with van der Waals surface area (Å²) in [5.74, 6) is -9.53. The van der Waals surface area contributed by atoms with Crippen molar-refractivity contribution in [2.75, 3.05) is 7.11 Å². The van der Waals surface area contributed by atoms with Crippen molar-refractivity contribution in [3.05, 3.63) is 17.7 Å². The average molecular weight is 383 g/mol. The molecule has 1 heterocycles. The summed E-state index contributed by atoms with van der Waals surface area (Å²) in [6.07, 6.45) is -12.2. The molecule has 1 aromatic rings. The van der Waals surface area contributed by atoms with Gasteiger partial charge in [-0.25, -0.2) is 9.78 Å². The van der Waals surface area contributed by atoms with Gasteiger partial charge in [0, 0.05) is 12.1 Å². The first-order valence-electron chi connectivity index (χ1n) is 6.14. The van der Waals surface area contributed by atoms with Crippen molar-refractivity contribution in [3.63, 3.8) is 0 Å². The van der Waals surface area contributed by atoms with E-state index in [1.807, 2.05) is 4.98 Å². The van der Waals surface area contributed by atoms with Gasteiger partial charge in [0.05, 0.1) is 13.4 Å². The van der Waals surface area contributed by atoms with Crippen molar-refractivity contribution in [2.45, 2.75) is 30.7 Å². The number of imidazole rings is 1. The number of hydrogen-bond acceptors (Lipinski definition) is 4. The topological polar surface area (TPSA) is 84.1 Å². The minimum atomic E-state index is -6.03. The Morgan fingerprint density at radius 2 is 1.76 bits per heavy atom. The normalized spacial score (nSPS) is 14.1. The number of aromatic amines is 1. The van der Waals surface area contributed by atoms with Crippen LogP contribution in [0, 0.1) is 0 Å². The molecule has 0 saturated carbocycles. The number of carbonyl (C=O) groups is 2. The van der Waals surface area contributed by atoms with Gasteiger partial charge < -0.3 is 15.0 Å². The van der Waals surface area contributed by atoms with Gasteiger partial charge in [-0.15, -0.1) is 0 Å². The SMILES string of the molecule is COC(=O)[C@H](Cc1[nH]cnc1C(F)(F)C(F)(F)F)NC(=O)C(F)(F)F. The van der Waals surface area contributed by atoms with Gasteiger partial charge in [-0.3, -0.25) is 4.79 Å². The van der Waals surface area contributed by atoms with Crippen molar-refractivity contribution in [3.8, 4) is 0 Å². The Hall–Kier alpha value is -2.41. The van der Waals surface area contributed by atoms with Crippen LogP contribution in [0.5, 0.6) is 0 Å². The first-order chi connectivity index (χ1) is 11.2. The molecular formula is C11H9F8N3O3. The Balaban J connectivity index is 3.14. The summed E-state index contributed by atoms with van der Waals surface area (Å²) in [5, 5.41) is 1.15. The highest BCUT2D eigenvalue weighted by Gasteiger charge is 2.61. The fourth-order valence-corrected chi connectivity index (χ4v) is 1.66. The molecule has 0 saturated heterocycles. The van der Waals surface area contributed by atoms with E-state index in [0.29, 0.717) is 13.4 Å². The third kappa shape index (κ3) is 4.57. The zero-order chi connectivity index (χ0) is 19.6. The van der Waals surface area contributed by atoms with Gasteiger partial charge in [0.2, 0.25) is 0 Å². The van der Waals surface area contributed by atoms with Crippen LogP contribution >= 0.6 is 0 Å². The number of amides is 1. The van der Waals surface area contributed by atoms with Crippen molar-refractivity contribution in [1.29, 1.82) is 0 Å². The summed E-state index contributed by atoms with van der Waals surface area (Å²) >= 11 is 0. The quantitative estimate of drug-likeness (QED) is 0.600. The summed E-state index contributed by atoms with van der Waals surface area (Å²) in [6.45, 7) is 0. The fourth-order valence-electron chi connectivity index (χ4n) is 1.66. The zero-order valence-electron chi connectivity index (χ0n) is 12.1. The largest absolute Gasteiger partial charge is 0.471 e. The zero-order valence-corrected chi connectivity index (χ0v) is 12.1. The lowest BCUT2D eigenvalue weighted by molar-refractivity contribution is -0.291. The molecular weight excluding hydrogens is 374 g/mol. The van der Waals surface area contributed by atoms with Gasteiger partial charge in [0.15, 0.2) is 0 Å². The van der Waals surface area contributed by atoms with Crippen molar-refractivity contribution in [2.24, 2.45) is 0 Å². The number of H-pyrrole nitrogens is 1. The van der Waals surface area contributed by atoms with Crippen molar-refractivity contribution < 1.29 is 49.4 Å². The number of nitrogens with zero attached hydrogens (tertiary/aromatic N) is 1. The number of aromatic nitrogens is 2. The average Bonchev–Trinajstić information content (AvgIpc) is 2.92. The second kappa shape index (κ2) is 6.84. The molecule has 25 heavy (non-hydrogen) atoms. The first-order valence-corrected chi connectivity index (χ1v) is 6.14. The lowest BCUT2D eigenvalue weighted by atomic mass is 10.1. The third-order valence-corrected chi connectivity index (χ3v) is 2.83. The molecule has 0 aliphatic rings. The summed E-state index contributed by atoms with van der Waals surface area (Å²) in [4.78, 5) is 27.0. The van der Waals surface area contributed by atoms with E-state index >= 15 is 0 Å². The molecule has 0 unspecified atom stereocenters. The molecule has 1 aromatic heterocycles. The Morgan fingerprint density at radius 1 is 1.20 bits per heavy atom. The number of rotatable bonds is 5. The summed E-state index contributed by atoms with van der Waals surface area (Å²) in [5.41, 5.74) is -2.84. The Labute approximate surface area is 133 Å². The molecule has 0 aromatic carbocycles. The Bertz CT molecular complexity index is 637. The lowest BCUT2D eigenvalue weighted by Crippen LogP contribution is -2.48. The Morgan fingerprint density at radius 3 is 2.20 bits per heavy atom. The van der Waals surface area contributed by atoms with Crippen LogP contribution in [0.25, 0.3) is 0 Å². The van der Waals surface area contributed by atoms with Crippen LogP contribution in [0.3, 0.4) is 0 Å². The molecule has 142 valence electrons. The number of ether oxygens (including phenoxy) is 1. The second-order valence-corrected chi connectivity index (χ2v) is 4.55. The highest BCUT2D eigenvalue weighted by molar-refractivity contribution is 5.87. The molecule has 0 spiro atoms.